The molecule has 0 aliphatic heterocycles. The molecule has 1 rings (SSSR count). The van der Waals surface area contributed by atoms with Gasteiger partial charge in [0.15, 0.2) is 0 Å². The van der Waals surface area contributed by atoms with Crippen LogP contribution < -0.4 is 0 Å². The molecule has 0 heterocycles. The van der Waals surface area contributed by atoms with E-state index in [1.165, 1.54) is 6.07 Å². The first kappa shape index (κ1) is 15.6. The van der Waals surface area contributed by atoms with Crippen LogP contribution in [0.5, 0.6) is 0 Å². The zero-order chi connectivity index (χ0) is 14.3. The second kappa shape index (κ2) is 7.88. The zero-order valence-corrected chi connectivity index (χ0v) is 11.8. The standard InChI is InChI=1S/C15H21FN2O/c1-4-12(2)18(7-8-19-3)11-14-6-5-13(10-17)9-15(14)16/h5-6,9,12H,4,7-8,11H2,1-3H3. The van der Waals surface area contributed by atoms with Gasteiger partial charge in [-0.15, -0.1) is 0 Å². The topological polar surface area (TPSA) is 36.3 Å². The Hall–Kier alpha value is -1.44. The van der Waals surface area contributed by atoms with E-state index < -0.39 is 0 Å². The summed E-state index contributed by atoms with van der Waals surface area (Å²) in [6, 6.07) is 6.95. The van der Waals surface area contributed by atoms with E-state index in [1.54, 1.807) is 19.2 Å². The van der Waals surface area contributed by atoms with Gasteiger partial charge in [0.05, 0.1) is 18.2 Å². The van der Waals surface area contributed by atoms with Crippen molar-refractivity contribution in [2.24, 2.45) is 0 Å². The van der Waals surface area contributed by atoms with Crippen molar-refractivity contribution >= 4 is 0 Å². The number of methoxy groups -OCH3 is 1. The summed E-state index contributed by atoms with van der Waals surface area (Å²) in [5, 5.41) is 8.73. The van der Waals surface area contributed by atoms with Gasteiger partial charge < -0.3 is 4.74 Å². The number of rotatable bonds is 7. The van der Waals surface area contributed by atoms with E-state index in [0.29, 0.717) is 30.3 Å². The van der Waals surface area contributed by atoms with Crippen LogP contribution in [0.4, 0.5) is 4.39 Å². The molecule has 3 nitrogen and oxygen atoms in total. The van der Waals surface area contributed by atoms with Gasteiger partial charge in [-0.1, -0.05) is 13.0 Å². The fourth-order valence-corrected chi connectivity index (χ4v) is 1.89. The molecule has 4 heteroatoms. The molecule has 0 aromatic heterocycles. The maximum Gasteiger partial charge on any atom is 0.129 e. The van der Waals surface area contributed by atoms with Crippen LogP contribution in [0.15, 0.2) is 18.2 Å². The quantitative estimate of drug-likeness (QED) is 0.759. The molecular formula is C15H21FN2O. The molecule has 0 spiro atoms. The van der Waals surface area contributed by atoms with E-state index in [1.807, 2.05) is 6.07 Å². The predicted octanol–water partition coefficient (Wildman–Crippen LogP) is 2.94. The highest BCUT2D eigenvalue weighted by atomic mass is 19.1. The predicted molar refractivity (Wildman–Crippen MR) is 73.2 cm³/mol. The zero-order valence-electron chi connectivity index (χ0n) is 11.8. The highest BCUT2D eigenvalue weighted by Gasteiger charge is 2.14. The van der Waals surface area contributed by atoms with Crippen LogP contribution >= 0.6 is 0 Å². The lowest BCUT2D eigenvalue weighted by molar-refractivity contribution is 0.117. The van der Waals surface area contributed by atoms with Gasteiger partial charge in [0, 0.05) is 31.8 Å². The molecule has 19 heavy (non-hydrogen) atoms. The summed E-state index contributed by atoms with van der Waals surface area (Å²) < 4.78 is 19.0. The second-order valence-electron chi connectivity index (χ2n) is 4.64. The molecule has 0 fully saturated rings. The molecule has 104 valence electrons. The van der Waals surface area contributed by atoms with Crippen LogP contribution in [0, 0.1) is 17.1 Å². The highest BCUT2D eigenvalue weighted by Crippen LogP contribution is 2.15. The molecule has 1 unspecified atom stereocenters. The summed E-state index contributed by atoms with van der Waals surface area (Å²) in [6.07, 6.45) is 1.00. The van der Waals surface area contributed by atoms with Crippen molar-refractivity contribution in [2.75, 3.05) is 20.3 Å². The van der Waals surface area contributed by atoms with E-state index in [9.17, 15) is 4.39 Å². The molecular weight excluding hydrogens is 243 g/mol. The third-order valence-electron chi connectivity index (χ3n) is 3.35. The molecule has 0 radical (unpaired) electrons. The Kier molecular flexibility index (Phi) is 6.48. The van der Waals surface area contributed by atoms with E-state index in [2.05, 4.69) is 18.7 Å². The summed E-state index contributed by atoms with van der Waals surface area (Å²) in [5.41, 5.74) is 0.976. The molecule has 0 bridgehead atoms. The normalized spacial score (nSPS) is 12.4. The first-order valence-electron chi connectivity index (χ1n) is 6.53. The molecule has 1 aromatic rings. The summed E-state index contributed by atoms with van der Waals surface area (Å²) in [6.45, 7) is 6.17. The van der Waals surface area contributed by atoms with Crippen LogP contribution in [-0.4, -0.2) is 31.2 Å². The number of nitriles is 1. The van der Waals surface area contributed by atoms with Crippen molar-refractivity contribution in [1.29, 1.82) is 5.26 Å². The number of benzene rings is 1. The van der Waals surface area contributed by atoms with Crippen molar-refractivity contribution in [3.05, 3.63) is 35.1 Å². The number of nitrogens with zero attached hydrogens (tertiary/aromatic N) is 2. The molecule has 0 aliphatic carbocycles. The van der Waals surface area contributed by atoms with Gasteiger partial charge in [0.2, 0.25) is 0 Å². The largest absolute Gasteiger partial charge is 0.383 e. The Balaban J connectivity index is 2.81. The Bertz CT molecular complexity index is 442. The monoisotopic (exact) mass is 264 g/mol. The Morgan fingerprint density at radius 3 is 2.74 bits per heavy atom. The molecule has 0 saturated carbocycles. The lowest BCUT2D eigenvalue weighted by Crippen LogP contribution is -2.35. The number of ether oxygens (including phenoxy) is 1. The van der Waals surface area contributed by atoms with E-state index in [-0.39, 0.29) is 5.82 Å². The van der Waals surface area contributed by atoms with Crippen molar-refractivity contribution in [2.45, 2.75) is 32.9 Å². The lowest BCUT2D eigenvalue weighted by Gasteiger charge is -2.28. The van der Waals surface area contributed by atoms with Gasteiger partial charge in [-0.25, -0.2) is 4.39 Å². The van der Waals surface area contributed by atoms with Crippen molar-refractivity contribution in [3.63, 3.8) is 0 Å². The molecule has 1 aromatic carbocycles. The van der Waals surface area contributed by atoms with Gasteiger partial charge in [0.1, 0.15) is 5.82 Å². The van der Waals surface area contributed by atoms with Crippen LogP contribution in [-0.2, 0) is 11.3 Å². The summed E-state index contributed by atoms with van der Waals surface area (Å²) >= 11 is 0. The molecule has 0 amide bonds. The van der Waals surface area contributed by atoms with Gasteiger partial charge in [-0.05, 0) is 25.5 Å². The van der Waals surface area contributed by atoms with Gasteiger partial charge >= 0.3 is 0 Å². The second-order valence-corrected chi connectivity index (χ2v) is 4.64. The fourth-order valence-electron chi connectivity index (χ4n) is 1.89. The lowest BCUT2D eigenvalue weighted by atomic mass is 10.1. The smallest absolute Gasteiger partial charge is 0.129 e. The van der Waals surface area contributed by atoms with Crippen LogP contribution in [0.25, 0.3) is 0 Å². The van der Waals surface area contributed by atoms with Crippen LogP contribution in [0.1, 0.15) is 31.4 Å². The number of halogens is 1. The maximum absolute atomic E-state index is 13.9. The minimum Gasteiger partial charge on any atom is -0.383 e. The summed E-state index contributed by atoms with van der Waals surface area (Å²) in [4.78, 5) is 2.19. The van der Waals surface area contributed by atoms with Gasteiger partial charge in [-0.3, -0.25) is 4.90 Å². The van der Waals surface area contributed by atoms with Crippen LogP contribution in [0.2, 0.25) is 0 Å². The van der Waals surface area contributed by atoms with E-state index >= 15 is 0 Å². The third-order valence-corrected chi connectivity index (χ3v) is 3.35. The fraction of sp³-hybridized carbons (Fsp3) is 0.533. The molecule has 1 atom stereocenters. The molecule has 0 aliphatic rings. The van der Waals surface area contributed by atoms with Crippen molar-refractivity contribution < 1.29 is 9.13 Å². The highest BCUT2D eigenvalue weighted by molar-refractivity contribution is 5.32. The minimum absolute atomic E-state index is 0.315. The number of hydrogen-bond acceptors (Lipinski definition) is 3. The first-order chi connectivity index (χ1) is 9.12. The molecule has 0 N–H and O–H groups in total. The molecule has 0 saturated heterocycles. The van der Waals surface area contributed by atoms with Crippen LogP contribution in [0.3, 0.4) is 0 Å². The SMILES string of the molecule is CCC(C)N(CCOC)Cc1ccc(C#N)cc1F. The summed E-state index contributed by atoms with van der Waals surface area (Å²) in [7, 11) is 1.66. The third kappa shape index (κ3) is 4.62. The minimum atomic E-state index is -0.315. The van der Waals surface area contributed by atoms with E-state index in [4.69, 9.17) is 10.00 Å². The van der Waals surface area contributed by atoms with E-state index in [0.717, 1.165) is 13.0 Å². The van der Waals surface area contributed by atoms with Crippen molar-refractivity contribution in [1.82, 2.24) is 4.90 Å². The Morgan fingerprint density at radius 2 is 2.21 bits per heavy atom. The Morgan fingerprint density at radius 1 is 1.47 bits per heavy atom. The average molecular weight is 264 g/mol. The summed E-state index contributed by atoms with van der Waals surface area (Å²) in [5.74, 6) is -0.315. The Labute approximate surface area is 114 Å². The average Bonchev–Trinajstić information content (AvgIpc) is 2.43. The first-order valence-corrected chi connectivity index (χ1v) is 6.53. The maximum atomic E-state index is 13.9. The van der Waals surface area contributed by atoms with Gasteiger partial charge in [-0.2, -0.15) is 5.26 Å². The number of hydrogen-bond donors (Lipinski definition) is 0. The van der Waals surface area contributed by atoms with Gasteiger partial charge in [0.25, 0.3) is 0 Å². The van der Waals surface area contributed by atoms with Crippen molar-refractivity contribution in [3.8, 4) is 6.07 Å².